The van der Waals surface area contributed by atoms with Gasteiger partial charge in [0.25, 0.3) is 0 Å². The summed E-state index contributed by atoms with van der Waals surface area (Å²) in [6, 6.07) is -1.03. The highest BCUT2D eigenvalue weighted by Crippen LogP contribution is 2.08. The van der Waals surface area contributed by atoms with Crippen LogP contribution in [0.3, 0.4) is 0 Å². The van der Waals surface area contributed by atoms with Crippen molar-refractivity contribution in [3.8, 4) is 0 Å². The number of nitrogens with two attached hydrogens (primary N) is 2. The van der Waals surface area contributed by atoms with E-state index in [9.17, 15) is 14.4 Å². The van der Waals surface area contributed by atoms with E-state index in [-0.39, 0.29) is 24.3 Å². The minimum Gasteiger partial charge on any atom is -0.352 e. The molecule has 7 N–H and O–H groups in total. The van der Waals surface area contributed by atoms with Gasteiger partial charge in [0.2, 0.25) is 11.8 Å². The smallest absolute Gasteiger partial charge is 0.312 e. The lowest BCUT2D eigenvalue weighted by Gasteiger charge is -2.15. The maximum Gasteiger partial charge on any atom is 0.312 e. The SMILES string of the molecule is CC.CC1=CC=C(NC(=O)CNC(=O)C(N)C(C)C)C=CC1.CCCNC(N)=O. The van der Waals surface area contributed by atoms with Crippen molar-refractivity contribution in [3.05, 3.63) is 35.6 Å². The molecule has 0 aromatic rings. The van der Waals surface area contributed by atoms with Gasteiger partial charge in [-0.2, -0.15) is 0 Å². The molecule has 0 saturated heterocycles. The van der Waals surface area contributed by atoms with Crippen molar-refractivity contribution in [1.29, 1.82) is 0 Å². The van der Waals surface area contributed by atoms with E-state index in [1.165, 1.54) is 5.57 Å². The van der Waals surface area contributed by atoms with E-state index in [4.69, 9.17) is 11.5 Å². The van der Waals surface area contributed by atoms with E-state index < -0.39 is 12.1 Å². The van der Waals surface area contributed by atoms with Crippen LogP contribution >= 0.6 is 0 Å². The van der Waals surface area contributed by atoms with Crippen molar-refractivity contribution in [1.82, 2.24) is 16.0 Å². The summed E-state index contributed by atoms with van der Waals surface area (Å²) in [7, 11) is 0. The third-order valence-electron chi connectivity index (χ3n) is 3.56. The lowest BCUT2D eigenvalue weighted by molar-refractivity contribution is -0.127. The molecule has 1 rings (SSSR count). The van der Waals surface area contributed by atoms with Crippen LogP contribution in [0.15, 0.2) is 35.6 Å². The van der Waals surface area contributed by atoms with Gasteiger partial charge in [-0.1, -0.05) is 52.3 Å². The van der Waals surface area contributed by atoms with E-state index in [2.05, 4.69) is 16.0 Å². The molecular weight excluding hydrogens is 370 g/mol. The number of urea groups is 1. The van der Waals surface area contributed by atoms with Gasteiger partial charge < -0.3 is 27.4 Å². The van der Waals surface area contributed by atoms with Crippen LogP contribution in [0, 0.1) is 5.92 Å². The molecule has 1 atom stereocenters. The van der Waals surface area contributed by atoms with Crippen LogP contribution in [-0.2, 0) is 9.59 Å². The first kappa shape index (κ1) is 28.6. The van der Waals surface area contributed by atoms with Crippen LogP contribution in [0.4, 0.5) is 4.79 Å². The molecule has 166 valence electrons. The molecule has 1 aliphatic carbocycles. The predicted octanol–water partition coefficient (Wildman–Crippen LogP) is 2.08. The largest absolute Gasteiger partial charge is 0.352 e. The van der Waals surface area contributed by atoms with Gasteiger partial charge in [0.15, 0.2) is 0 Å². The van der Waals surface area contributed by atoms with Gasteiger partial charge in [-0.15, -0.1) is 0 Å². The number of allylic oxidation sites excluding steroid dienone is 5. The summed E-state index contributed by atoms with van der Waals surface area (Å²) in [4.78, 5) is 33.2. The Morgan fingerprint density at radius 3 is 2.24 bits per heavy atom. The van der Waals surface area contributed by atoms with Crippen molar-refractivity contribution >= 4 is 17.8 Å². The van der Waals surface area contributed by atoms with Crippen LogP contribution in [0.2, 0.25) is 0 Å². The summed E-state index contributed by atoms with van der Waals surface area (Å²) < 4.78 is 0. The fourth-order valence-electron chi connectivity index (χ4n) is 1.85. The summed E-state index contributed by atoms with van der Waals surface area (Å²) in [6.07, 6.45) is 9.45. The van der Waals surface area contributed by atoms with Crippen molar-refractivity contribution in [2.45, 2.75) is 60.4 Å². The Balaban J connectivity index is 0. The molecule has 0 radical (unpaired) electrons. The fourth-order valence-corrected chi connectivity index (χ4v) is 1.85. The molecule has 0 bridgehead atoms. The minimum atomic E-state index is -0.592. The van der Waals surface area contributed by atoms with Crippen molar-refractivity contribution < 1.29 is 14.4 Å². The van der Waals surface area contributed by atoms with Crippen LogP contribution in [-0.4, -0.2) is 37.0 Å². The summed E-state index contributed by atoms with van der Waals surface area (Å²) in [5, 5.41) is 7.71. The Bertz CT molecular complexity index is 595. The topological polar surface area (TPSA) is 139 Å². The first-order valence-corrected chi connectivity index (χ1v) is 10.1. The quantitative estimate of drug-likeness (QED) is 0.439. The standard InChI is InChI=1S/C15H23N3O2.C4H10N2O.C2H6/c1-10(2)14(16)15(20)17-9-13(19)18-12-6-4-5-11(3)7-8-12;1-2-3-6-4(5)7;1-2/h4,6-8,10,14H,5,9,16H2,1-3H3,(H,17,20)(H,18,19);2-3H2,1H3,(H3,5,6,7);1-2H3. The molecule has 29 heavy (non-hydrogen) atoms. The first-order valence-electron chi connectivity index (χ1n) is 10.1. The first-order chi connectivity index (χ1) is 13.7. The summed E-state index contributed by atoms with van der Waals surface area (Å²) in [5.41, 5.74) is 12.4. The Morgan fingerprint density at radius 1 is 1.14 bits per heavy atom. The van der Waals surface area contributed by atoms with Gasteiger partial charge in [0.1, 0.15) is 0 Å². The number of carbonyl (C=O) groups excluding carboxylic acids is 3. The average molecular weight is 410 g/mol. The molecule has 4 amide bonds. The fraction of sp³-hybridized carbons (Fsp3) is 0.571. The molecule has 8 nitrogen and oxygen atoms in total. The Kier molecular flexibility index (Phi) is 17.2. The van der Waals surface area contributed by atoms with Gasteiger partial charge in [0.05, 0.1) is 12.6 Å². The second-order valence-electron chi connectivity index (χ2n) is 6.57. The lowest BCUT2D eigenvalue weighted by atomic mass is 10.1. The number of primary amides is 1. The zero-order valence-corrected chi connectivity index (χ0v) is 18.7. The number of hydrogen-bond donors (Lipinski definition) is 5. The molecular formula is C21H39N5O3. The number of nitrogens with one attached hydrogen (secondary N) is 3. The van der Waals surface area contributed by atoms with Crippen LogP contribution in [0.5, 0.6) is 0 Å². The third-order valence-corrected chi connectivity index (χ3v) is 3.56. The maximum atomic E-state index is 11.7. The van der Waals surface area contributed by atoms with Gasteiger partial charge in [-0.25, -0.2) is 4.79 Å². The van der Waals surface area contributed by atoms with Crippen LogP contribution in [0.1, 0.15) is 54.4 Å². The average Bonchev–Trinajstić information content (AvgIpc) is 2.89. The molecule has 0 aromatic carbocycles. The highest BCUT2D eigenvalue weighted by atomic mass is 16.2. The normalized spacial score (nSPS) is 13.2. The molecule has 0 saturated carbocycles. The van der Waals surface area contributed by atoms with Crippen molar-refractivity contribution in [3.63, 3.8) is 0 Å². The molecule has 1 unspecified atom stereocenters. The minimum absolute atomic E-state index is 0.0404. The maximum absolute atomic E-state index is 11.7. The van der Waals surface area contributed by atoms with Crippen LogP contribution in [0.25, 0.3) is 0 Å². The second-order valence-corrected chi connectivity index (χ2v) is 6.57. The van der Waals surface area contributed by atoms with E-state index >= 15 is 0 Å². The molecule has 0 aromatic heterocycles. The third kappa shape index (κ3) is 16.1. The van der Waals surface area contributed by atoms with Crippen LogP contribution < -0.4 is 27.4 Å². The molecule has 0 aliphatic heterocycles. The summed E-state index contributed by atoms with van der Waals surface area (Å²) >= 11 is 0. The van der Waals surface area contributed by atoms with Gasteiger partial charge in [-0.3, -0.25) is 9.59 Å². The predicted molar refractivity (Wildman–Crippen MR) is 119 cm³/mol. The number of hydrogen-bond acceptors (Lipinski definition) is 4. The van der Waals surface area contributed by atoms with E-state index in [1.807, 2.05) is 65.8 Å². The van der Waals surface area contributed by atoms with Crippen molar-refractivity contribution in [2.75, 3.05) is 13.1 Å². The molecule has 8 heteroatoms. The number of amides is 4. The molecule has 0 heterocycles. The highest BCUT2D eigenvalue weighted by molar-refractivity contribution is 5.88. The van der Waals surface area contributed by atoms with E-state index in [1.54, 1.807) is 0 Å². The number of carbonyl (C=O) groups is 3. The summed E-state index contributed by atoms with van der Waals surface area (Å²) in [6.45, 7) is 12.3. The highest BCUT2D eigenvalue weighted by Gasteiger charge is 2.17. The summed E-state index contributed by atoms with van der Waals surface area (Å²) in [5.74, 6) is -0.534. The molecule has 0 spiro atoms. The van der Waals surface area contributed by atoms with E-state index in [0.717, 1.165) is 12.8 Å². The Labute approximate surface area is 175 Å². The Hall–Kier alpha value is -2.61. The zero-order chi connectivity index (χ0) is 22.8. The Morgan fingerprint density at radius 2 is 1.76 bits per heavy atom. The second kappa shape index (κ2) is 17.5. The number of rotatable bonds is 7. The van der Waals surface area contributed by atoms with Gasteiger partial charge in [0, 0.05) is 12.2 Å². The zero-order valence-electron chi connectivity index (χ0n) is 18.7. The monoisotopic (exact) mass is 409 g/mol. The lowest BCUT2D eigenvalue weighted by Crippen LogP contribution is -2.47. The molecule has 1 aliphatic rings. The van der Waals surface area contributed by atoms with Crippen molar-refractivity contribution in [2.24, 2.45) is 17.4 Å². The van der Waals surface area contributed by atoms with Gasteiger partial charge in [-0.05, 0) is 37.8 Å². The molecule has 0 fully saturated rings. The van der Waals surface area contributed by atoms with E-state index in [0.29, 0.717) is 12.2 Å². The van der Waals surface area contributed by atoms with Gasteiger partial charge >= 0.3 is 6.03 Å².